The highest BCUT2D eigenvalue weighted by atomic mass is 35.5. The molecule has 0 spiro atoms. The van der Waals surface area contributed by atoms with Crippen LogP contribution in [0.4, 0.5) is 24.5 Å². The molecule has 0 saturated carbocycles. The molecule has 0 radical (unpaired) electrons. The van der Waals surface area contributed by atoms with Gasteiger partial charge in [0.25, 0.3) is 5.91 Å². The summed E-state index contributed by atoms with van der Waals surface area (Å²) in [5.74, 6) is -1.66. The maximum atomic E-state index is 12.9. The molecule has 7 nitrogen and oxygen atoms in total. The molecule has 1 saturated heterocycles. The van der Waals surface area contributed by atoms with Gasteiger partial charge >= 0.3 is 6.18 Å². The minimum absolute atomic E-state index is 0.0501. The van der Waals surface area contributed by atoms with Gasteiger partial charge in [0.05, 0.1) is 16.5 Å². The van der Waals surface area contributed by atoms with Gasteiger partial charge in [-0.1, -0.05) is 11.6 Å². The van der Waals surface area contributed by atoms with Crippen LogP contribution in [0, 0.1) is 5.92 Å². The number of hydrogen-bond donors (Lipinski definition) is 2. The van der Waals surface area contributed by atoms with Crippen molar-refractivity contribution in [3.05, 3.63) is 53.1 Å². The van der Waals surface area contributed by atoms with Crippen LogP contribution in [0.1, 0.15) is 12.0 Å². The number of nitrogens with zero attached hydrogens (tertiary/aromatic N) is 1. The van der Waals surface area contributed by atoms with Crippen LogP contribution in [0.2, 0.25) is 5.02 Å². The quantitative estimate of drug-likeness (QED) is 0.698. The number of rotatable bonds is 6. The molecule has 0 aromatic heterocycles. The fourth-order valence-corrected chi connectivity index (χ4v) is 3.26. The summed E-state index contributed by atoms with van der Waals surface area (Å²) in [4.78, 5) is 36.7. The number of carbonyl (C=O) groups excluding carboxylic acids is 3. The molecule has 0 bridgehead atoms. The largest absolute Gasteiger partial charge is 0.484 e. The van der Waals surface area contributed by atoms with Gasteiger partial charge in [-0.05, 0) is 42.5 Å². The summed E-state index contributed by atoms with van der Waals surface area (Å²) in [7, 11) is 0. The Labute approximate surface area is 179 Å². The Kier molecular flexibility index (Phi) is 6.40. The van der Waals surface area contributed by atoms with Crippen molar-refractivity contribution >= 4 is 40.7 Å². The van der Waals surface area contributed by atoms with Crippen molar-refractivity contribution in [1.82, 2.24) is 0 Å². The number of nitrogens with one attached hydrogen (secondary N) is 1. The lowest BCUT2D eigenvalue weighted by Gasteiger charge is -2.17. The zero-order chi connectivity index (χ0) is 22.8. The fourth-order valence-electron chi connectivity index (χ4n) is 3.04. The molecule has 164 valence electrons. The van der Waals surface area contributed by atoms with E-state index in [9.17, 15) is 27.6 Å². The van der Waals surface area contributed by atoms with E-state index in [4.69, 9.17) is 22.1 Å². The molecule has 0 aliphatic carbocycles. The third kappa shape index (κ3) is 5.46. The van der Waals surface area contributed by atoms with Gasteiger partial charge in [-0.2, -0.15) is 13.2 Å². The van der Waals surface area contributed by atoms with E-state index in [0.29, 0.717) is 11.4 Å². The van der Waals surface area contributed by atoms with E-state index in [1.807, 2.05) is 0 Å². The minimum Gasteiger partial charge on any atom is -0.484 e. The van der Waals surface area contributed by atoms with E-state index < -0.39 is 41.1 Å². The van der Waals surface area contributed by atoms with Gasteiger partial charge in [0.15, 0.2) is 6.61 Å². The molecule has 3 N–H and O–H groups in total. The maximum Gasteiger partial charge on any atom is 0.417 e. The number of benzene rings is 2. The number of nitrogens with two attached hydrogens (primary N) is 1. The van der Waals surface area contributed by atoms with Crippen molar-refractivity contribution in [2.45, 2.75) is 12.6 Å². The van der Waals surface area contributed by atoms with E-state index in [1.54, 1.807) is 12.1 Å². The number of halogens is 4. The Morgan fingerprint density at radius 2 is 1.87 bits per heavy atom. The van der Waals surface area contributed by atoms with Crippen molar-refractivity contribution in [2.24, 2.45) is 11.7 Å². The lowest BCUT2D eigenvalue weighted by atomic mass is 10.1. The summed E-state index contributed by atoms with van der Waals surface area (Å²) in [6, 6.07) is 9.25. The molecule has 0 unspecified atom stereocenters. The van der Waals surface area contributed by atoms with Crippen LogP contribution in [0.3, 0.4) is 0 Å². The molecule has 1 aliphatic rings. The molecule has 11 heteroatoms. The predicted molar refractivity (Wildman–Crippen MR) is 107 cm³/mol. The first-order valence-corrected chi connectivity index (χ1v) is 9.41. The average molecular weight is 456 g/mol. The molecule has 31 heavy (non-hydrogen) atoms. The monoisotopic (exact) mass is 455 g/mol. The van der Waals surface area contributed by atoms with E-state index in [1.165, 1.54) is 23.1 Å². The first-order valence-electron chi connectivity index (χ1n) is 9.03. The van der Waals surface area contributed by atoms with Crippen LogP contribution >= 0.6 is 11.6 Å². The fraction of sp³-hybridized carbons (Fsp3) is 0.250. The van der Waals surface area contributed by atoms with Gasteiger partial charge in [-0.3, -0.25) is 14.4 Å². The first kappa shape index (κ1) is 22.4. The summed E-state index contributed by atoms with van der Waals surface area (Å²) in [6.07, 6.45) is -4.60. The van der Waals surface area contributed by atoms with E-state index in [2.05, 4.69) is 5.32 Å². The van der Waals surface area contributed by atoms with Crippen molar-refractivity contribution in [3.8, 4) is 5.75 Å². The second-order valence-corrected chi connectivity index (χ2v) is 7.24. The average Bonchev–Trinajstić information content (AvgIpc) is 3.09. The van der Waals surface area contributed by atoms with Crippen LogP contribution < -0.4 is 20.7 Å². The van der Waals surface area contributed by atoms with Gasteiger partial charge in [-0.15, -0.1) is 0 Å². The maximum absolute atomic E-state index is 12.9. The minimum atomic E-state index is -4.65. The number of primary amides is 1. The highest BCUT2D eigenvalue weighted by Gasteiger charge is 2.34. The molecular formula is C20H17ClF3N3O4. The summed E-state index contributed by atoms with van der Waals surface area (Å²) < 4.78 is 44.0. The third-order valence-electron chi connectivity index (χ3n) is 4.60. The zero-order valence-electron chi connectivity index (χ0n) is 15.9. The lowest BCUT2D eigenvalue weighted by molar-refractivity contribution is -0.137. The number of amides is 3. The smallest absolute Gasteiger partial charge is 0.417 e. The highest BCUT2D eigenvalue weighted by molar-refractivity contribution is 6.31. The second-order valence-electron chi connectivity index (χ2n) is 6.83. The normalized spacial score (nSPS) is 16.3. The van der Waals surface area contributed by atoms with Gasteiger partial charge < -0.3 is 20.7 Å². The van der Waals surface area contributed by atoms with Gasteiger partial charge in [0.2, 0.25) is 11.8 Å². The molecular weight excluding hydrogens is 439 g/mol. The van der Waals surface area contributed by atoms with Gasteiger partial charge in [-0.25, -0.2) is 0 Å². The van der Waals surface area contributed by atoms with Crippen molar-refractivity contribution in [1.29, 1.82) is 0 Å². The molecule has 1 aliphatic heterocycles. The first-order chi connectivity index (χ1) is 14.5. The zero-order valence-corrected chi connectivity index (χ0v) is 16.7. The van der Waals surface area contributed by atoms with Gasteiger partial charge in [0.1, 0.15) is 5.75 Å². The Hall–Kier alpha value is -3.27. The Bertz CT molecular complexity index is 1010. The summed E-state index contributed by atoms with van der Waals surface area (Å²) in [5.41, 5.74) is 4.66. The van der Waals surface area contributed by atoms with Gasteiger partial charge in [0, 0.05) is 24.3 Å². The molecule has 3 amide bonds. The summed E-state index contributed by atoms with van der Waals surface area (Å²) >= 11 is 5.55. The Balaban J connectivity index is 1.57. The molecule has 2 aromatic carbocycles. The molecule has 3 rings (SSSR count). The molecule has 1 atom stereocenters. The van der Waals surface area contributed by atoms with Crippen LogP contribution in [-0.2, 0) is 20.6 Å². The standard InChI is InChI=1S/C20H17ClF3N3O4/c21-16-6-1-12(8-15(16)20(22,23)24)26-17(28)10-31-14-4-2-13(3-5-14)27-9-11(19(25)30)7-18(27)29/h1-6,8,11H,7,9-10H2,(H2,25,30)(H,26,28)/t11-/m0/s1. The van der Waals surface area contributed by atoms with Crippen molar-refractivity contribution in [2.75, 3.05) is 23.4 Å². The van der Waals surface area contributed by atoms with Crippen LogP contribution in [-0.4, -0.2) is 30.9 Å². The van der Waals surface area contributed by atoms with Crippen molar-refractivity contribution < 1.29 is 32.3 Å². The molecule has 2 aromatic rings. The van der Waals surface area contributed by atoms with Crippen molar-refractivity contribution in [3.63, 3.8) is 0 Å². The topological polar surface area (TPSA) is 102 Å². The number of hydrogen-bond acceptors (Lipinski definition) is 4. The SMILES string of the molecule is NC(=O)[C@H]1CC(=O)N(c2ccc(OCC(=O)Nc3ccc(Cl)c(C(F)(F)F)c3)cc2)C1. The Morgan fingerprint density at radius 1 is 1.19 bits per heavy atom. The van der Waals surface area contributed by atoms with E-state index in [0.717, 1.165) is 12.1 Å². The third-order valence-corrected chi connectivity index (χ3v) is 4.93. The summed E-state index contributed by atoms with van der Waals surface area (Å²) in [6.45, 7) is -0.256. The number of alkyl halides is 3. The molecule has 1 heterocycles. The second kappa shape index (κ2) is 8.84. The number of ether oxygens (including phenoxy) is 1. The predicted octanol–water partition coefficient (Wildman–Crippen LogP) is 3.21. The van der Waals surface area contributed by atoms with E-state index in [-0.39, 0.29) is 24.6 Å². The van der Waals surface area contributed by atoms with E-state index >= 15 is 0 Å². The highest BCUT2D eigenvalue weighted by Crippen LogP contribution is 2.36. The molecule has 1 fully saturated rings. The number of anilines is 2. The van der Waals surface area contributed by atoms with Crippen LogP contribution in [0.15, 0.2) is 42.5 Å². The summed E-state index contributed by atoms with van der Waals surface area (Å²) in [5, 5.41) is 1.84. The van der Waals surface area contributed by atoms with Crippen LogP contribution in [0.25, 0.3) is 0 Å². The van der Waals surface area contributed by atoms with Crippen LogP contribution in [0.5, 0.6) is 5.75 Å². The Morgan fingerprint density at radius 3 is 2.45 bits per heavy atom. The number of carbonyl (C=O) groups is 3. The lowest BCUT2D eigenvalue weighted by Crippen LogP contribution is -2.28.